The van der Waals surface area contributed by atoms with Crippen LogP contribution in [-0.2, 0) is 0 Å². The number of anilines is 1. The molecule has 0 amide bonds. The molecule has 94 valence electrons. The summed E-state index contributed by atoms with van der Waals surface area (Å²) in [4.78, 5) is 1.59. The largest absolute Gasteiger partial charge is 0.485 e. The fourth-order valence-corrected chi connectivity index (χ4v) is 1.92. The molecule has 1 aliphatic rings. The maximum atomic E-state index is 12.2. The molecule has 2 rings (SSSR count). The minimum Gasteiger partial charge on any atom is -0.485 e. The molecule has 0 aromatic heterocycles. The van der Waals surface area contributed by atoms with Gasteiger partial charge in [-0.05, 0) is 19.2 Å². The lowest BCUT2D eigenvalue weighted by atomic mass is 10.2. The lowest BCUT2D eigenvalue weighted by Crippen LogP contribution is -2.41. The Labute approximate surface area is 99.4 Å². The van der Waals surface area contributed by atoms with E-state index < -0.39 is 6.43 Å². The number of alkyl halides is 2. The number of fused-ring (bicyclic) bond motifs is 1. The van der Waals surface area contributed by atoms with E-state index in [1.807, 2.05) is 24.3 Å². The van der Waals surface area contributed by atoms with Gasteiger partial charge in [0.15, 0.2) is 0 Å². The number of para-hydroxylation sites is 2. The second kappa shape index (κ2) is 5.31. The molecule has 5 heteroatoms. The summed E-state index contributed by atoms with van der Waals surface area (Å²) in [5.74, 6) is 0.786. The van der Waals surface area contributed by atoms with E-state index >= 15 is 0 Å². The fraction of sp³-hybridized carbons (Fsp3) is 0.500. The number of nitrogens with one attached hydrogen (secondary N) is 1. The molecule has 1 heterocycles. The Hall–Kier alpha value is -1.36. The summed E-state index contributed by atoms with van der Waals surface area (Å²) in [5, 5.41) is 3.23. The first kappa shape index (κ1) is 12.1. The highest BCUT2D eigenvalue weighted by molar-refractivity contribution is 5.57. The average Bonchev–Trinajstić information content (AvgIpc) is 2.27. The van der Waals surface area contributed by atoms with Crippen molar-refractivity contribution >= 4 is 5.69 Å². The van der Waals surface area contributed by atoms with Gasteiger partial charge in [-0.15, -0.1) is 0 Å². The number of nitrogens with zero attached hydrogens (tertiary/aromatic N) is 1. The van der Waals surface area contributed by atoms with Crippen LogP contribution in [0, 0.1) is 0 Å². The quantitative estimate of drug-likeness (QED) is 0.874. The normalized spacial score (nSPS) is 18.8. The topological polar surface area (TPSA) is 24.5 Å². The van der Waals surface area contributed by atoms with Crippen molar-refractivity contribution in [1.82, 2.24) is 4.90 Å². The molecule has 1 N–H and O–H groups in total. The zero-order valence-electron chi connectivity index (χ0n) is 9.70. The molecule has 1 aliphatic heterocycles. The summed E-state index contributed by atoms with van der Waals surface area (Å²) in [6.45, 7) is 0.914. The van der Waals surface area contributed by atoms with Crippen molar-refractivity contribution in [3.63, 3.8) is 0 Å². The number of halogens is 2. The highest BCUT2D eigenvalue weighted by Crippen LogP contribution is 2.28. The zero-order chi connectivity index (χ0) is 12.3. The summed E-state index contributed by atoms with van der Waals surface area (Å²) in [5.41, 5.74) is 0.959. The second-order valence-electron chi connectivity index (χ2n) is 4.23. The Balaban J connectivity index is 1.90. The molecule has 0 saturated heterocycles. The Morgan fingerprint density at radius 1 is 1.47 bits per heavy atom. The van der Waals surface area contributed by atoms with Gasteiger partial charge >= 0.3 is 0 Å². The van der Waals surface area contributed by atoms with E-state index in [1.165, 1.54) is 0 Å². The molecule has 0 spiro atoms. The van der Waals surface area contributed by atoms with Gasteiger partial charge in [0, 0.05) is 6.54 Å². The van der Waals surface area contributed by atoms with Crippen molar-refractivity contribution in [3.8, 4) is 5.75 Å². The van der Waals surface area contributed by atoms with Gasteiger partial charge in [-0.1, -0.05) is 12.1 Å². The lowest BCUT2D eigenvalue weighted by Gasteiger charge is -2.30. The highest BCUT2D eigenvalue weighted by Gasteiger charge is 2.21. The first-order valence-electron chi connectivity index (χ1n) is 5.61. The Morgan fingerprint density at radius 2 is 2.24 bits per heavy atom. The Bertz CT molecular complexity index is 373. The molecule has 0 aliphatic carbocycles. The van der Waals surface area contributed by atoms with Crippen LogP contribution in [0.25, 0.3) is 0 Å². The van der Waals surface area contributed by atoms with Gasteiger partial charge in [0.05, 0.1) is 18.8 Å². The van der Waals surface area contributed by atoms with Gasteiger partial charge in [-0.2, -0.15) is 0 Å². The van der Waals surface area contributed by atoms with Crippen molar-refractivity contribution in [2.45, 2.75) is 12.5 Å². The van der Waals surface area contributed by atoms with Crippen molar-refractivity contribution in [3.05, 3.63) is 24.3 Å². The molecule has 3 nitrogen and oxygen atoms in total. The highest BCUT2D eigenvalue weighted by atomic mass is 19.3. The molecule has 1 unspecified atom stereocenters. The predicted octanol–water partition coefficient (Wildman–Crippen LogP) is 2.06. The van der Waals surface area contributed by atoms with Crippen molar-refractivity contribution < 1.29 is 13.5 Å². The van der Waals surface area contributed by atoms with E-state index in [1.54, 1.807) is 11.9 Å². The van der Waals surface area contributed by atoms with Crippen LogP contribution in [0.5, 0.6) is 5.75 Å². The van der Waals surface area contributed by atoms with Gasteiger partial charge in [-0.25, -0.2) is 8.78 Å². The van der Waals surface area contributed by atoms with Crippen LogP contribution in [0.4, 0.5) is 14.5 Å². The number of benzene rings is 1. The number of ether oxygens (including phenoxy) is 1. The minimum atomic E-state index is -2.30. The van der Waals surface area contributed by atoms with Crippen molar-refractivity contribution in [2.75, 3.05) is 32.0 Å². The van der Waals surface area contributed by atoms with E-state index in [9.17, 15) is 8.78 Å². The van der Waals surface area contributed by atoms with E-state index in [-0.39, 0.29) is 12.6 Å². The van der Waals surface area contributed by atoms with Crippen LogP contribution in [0.3, 0.4) is 0 Å². The van der Waals surface area contributed by atoms with Gasteiger partial charge in [0.2, 0.25) is 0 Å². The maximum Gasteiger partial charge on any atom is 0.251 e. The van der Waals surface area contributed by atoms with Gasteiger partial charge in [0.1, 0.15) is 11.9 Å². The molecule has 0 radical (unpaired) electrons. The third kappa shape index (κ3) is 3.30. The molecule has 1 aromatic rings. The van der Waals surface area contributed by atoms with Crippen LogP contribution in [0.1, 0.15) is 0 Å². The maximum absolute atomic E-state index is 12.2. The number of likely N-dealkylation sites (N-methyl/N-ethyl adjacent to an activating group) is 1. The smallest absolute Gasteiger partial charge is 0.251 e. The number of rotatable bonds is 4. The van der Waals surface area contributed by atoms with Crippen molar-refractivity contribution in [1.29, 1.82) is 0 Å². The Kier molecular flexibility index (Phi) is 3.78. The first-order valence-corrected chi connectivity index (χ1v) is 5.61. The van der Waals surface area contributed by atoms with Gasteiger partial charge in [-0.3, -0.25) is 4.90 Å². The van der Waals surface area contributed by atoms with E-state index in [0.29, 0.717) is 13.1 Å². The van der Waals surface area contributed by atoms with Gasteiger partial charge < -0.3 is 10.1 Å². The fourth-order valence-electron chi connectivity index (χ4n) is 1.92. The molecular formula is C12H16F2N2O. The van der Waals surface area contributed by atoms with Crippen LogP contribution in [0.2, 0.25) is 0 Å². The lowest BCUT2D eigenvalue weighted by molar-refractivity contribution is 0.0770. The molecular weight excluding hydrogens is 226 g/mol. The summed E-state index contributed by atoms with van der Waals surface area (Å²) in [7, 11) is 1.68. The molecule has 17 heavy (non-hydrogen) atoms. The van der Waals surface area contributed by atoms with Crippen LogP contribution in [0.15, 0.2) is 24.3 Å². The Morgan fingerprint density at radius 3 is 3.00 bits per heavy atom. The summed E-state index contributed by atoms with van der Waals surface area (Å²) >= 11 is 0. The summed E-state index contributed by atoms with van der Waals surface area (Å²) in [6, 6.07) is 7.64. The summed E-state index contributed by atoms with van der Waals surface area (Å²) in [6.07, 6.45) is -2.39. The van der Waals surface area contributed by atoms with Gasteiger partial charge in [0.25, 0.3) is 6.43 Å². The molecule has 0 saturated carbocycles. The molecule has 0 bridgehead atoms. The molecule has 1 atom stereocenters. The van der Waals surface area contributed by atoms with Crippen molar-refractivity contribution in [2.24, 2.45) is 0 Å². The SMILES string of the molecule is CN(CC(F)F)CC1CNc2ccccc2O1. The zero-order valence-corrected chi connectivity index (χ0v) is 9.70. The monoisotopic (exact) mass is 242 g/mol. The predicted molar refractivity (Wildman–Crippen MR) is 62.8 cm³/mol. The van der Waals surface area contributed by atoms with E-state index in [2.05, 4.69) is 5.32 Å². The standard InChI is InChI=1S/C12H16F2N2O/c1-16(8-12(13)14)7-9-6-15-10-4-2-3-5-11(10)17-9/h2-5,9,12,15H,6-8H2,1H3. The molecule has 0 fully saturated rings. The van der Waals surface area contributed by atoms with Crippen LogP contribution in [-0.4, -0.2) is 44.1 Å². The average molecular weight is 242 g/mol. The van der Waals surface area contributed by atoms with Crippen LogP contribution < -0.4 is 10.1 Å². The molecule has 1 aromatic carbocycles. The second-order valence-corrected chi connectivity index (χ2v) is 4.23. The summed E-state index contributed by atoms with van der Waals surface area (Å²) < 4.78 is 30.1. The first-order chi connectivity index (χ1) is 8.15. The number of hydrogen-bond acceptors (Lipinski definition) is 3. The third-order valence-corrected chi connectivity index (χ3v) is 2.67. The van der Waals surface area contributed by atoms with E-state index in [0.717, 1.165) is 11.4 Å². The number of hydrogen-bond donors (Lipinski definition) is 1. The minimum absolute atomic E-state index is 0.0892. The van der Waals surface area contributed by atoms with Crippen LogP contribution >= 0.6 is 0 Å². The van der Waals surface area contributed by atoms with E-state index in [4.69, 9.17) is 4.74 Å². The third-order valence-electron chi connectivity index (χ3n) is 2.67.